The number of nitrogens with zero attached hydrogens (tertiary/aromatic N) is 2. The van der Waals surface area contributed by atoms with Crippen LogP contribution in [0.2, 0.25) is 0 Å². The van der Waals surface area contributed by atoms with E-state index in [-0.39, 0.29) is 18.3 Å². The van der Waals surface area contributed by atoms with Gasteiger partial charge in [-0.1, -0.05) is 12.1 Å². The van der Waals surface area contributed by atoms with Gasteiger partial charge in [-0.05, 0) is 70.8 Å². The number of amides is 1. The van der Waals surface area contributed by atoms with Crippen LogP contribution in [0.5, 0.6) is 0 Å². The molecule has 2 aromatic rings. The maximum atomic E-state index is 10.7. The van der Waals surface area contributed by atoms with Crippen molar-refractivity contribution >= 4 is 29.6 Å². The molecule has 1 amide bonds. The molecule has 1 saturated carbocycles. The third-order valence-corrected chi connectivity index (χ3v) is 6.81. The van der Waals surface area contributed by atoms with Gasteiger partial charge in [-0.15, -0.1) is 0 Å². The zero-order valence-electron chi connectivity index (χ0n) is 17.6. The van der Waals surface area contributed by atoms with Crippen molar-refractivity contribution in [3.8, 4) is 0 Å². The highest BCUT2D eigenvalue weighted by atomic mass is 16.7. The molecule has 7 nitrogen and oxygen atoms in total. The lowest BCUT2D eigenvalue weighted by Crippen LogP contribution is -2.41. The highest BCUT2D eigenvalue weighted by molar-refractivity contribution is 6.62. The van der Waals surface area contributed by atoms with Crippen LogP contribution in [0.1, 0.15) is 59.4 Å². The Labute approximate surface area is 171 Å². The number of hydrogen-bond acceptors (Lipinski definition) is 4. The molecule has 156 valence electrons. The van der Waals surface area contributed by atoms with Crippen LogP contribution in [0, 0.1) is 5.92 Å². The minimum absolute atomic E-state index is 0.361. The van der Waals surface area contributed by atoms with Crippen LogP contribution >= 0.6 is 0 Å². The molecule has 1 saturated heterocycles. The molecule has 2 aliphatic rings. The lowest BCUT2D eigenvalue weighted by atomic mass is 9.79. The lowest BCUT2D eigenvalue weighted by Gasteiger charge is -2.32. The van der Waals surface area contributed by atoms with Crippen LogP contribution in [0.3, 0.4) is 0 Å². The van der Waals surface area contributed by atoms with E-state index in [1.165, 1.54) is 0 Å². The lowest BCUT2D eigenvalue weighted by molar-refractivity contribution is 0.00578. The van der Waals surface area contributed by atoms with Crippen LogP contribution < -0.4 is 10.8 Å². The minimum atomic E-state index is -0.941. The smallest absolute Gasteiger partial charge is 0.465 e. The molecular weight excluding hydrogens is 369 g/mol. The Morgan fingerprint density at radius 2 is 1.86 bits per heavy atom. The first-order chi connectivity index (χ1) is 13.6. The van der Waals surface area contributed by atoms with Crippen LogP contribution in [0.4, 0.5) is 4.79 Å². The maximum absolute atomic E-state index is 10.7. The second kappa shape index (κ2) is 7.33. The summed E-state index contributed by atoms with van der Waals surface area (Å²) in [6, 6.07) is 6.58. The molecule has 2 N–H and O–H groups in total. The van der Waals surface area contributed by atoms with Gasteiger partial charge in [0.05, 0.1) is 22.8 Å². The van der Waals surface area contributed by atoms with Crippen LogP contribution in [0.15, 0.2) is 24.4 Å². The van der Waals surface area contributed by atoms with E-state index in [1.807, 2.05) is 0 Å². The summed E-state index contributed by atoms with van der Waals surface area (Å²) < 4.78 is 14.4. The molecule has 29 heavy (non-hydrogen) atoms. The van der Waals surface area contributed by atoms with Gasteiger partial charge < -0.3 is 19.7 Å². The topological polar surface area (TPSA) is 85.6 Å². The summed E-state index contributed by atoms with van der Waals surface area (Å²) >= 11 is 0. The average Bonchev–Trinajstić information content (AvgIpc) is 3.17. The zero-order valence-corrected chi connectivity index (χ0v) is 17.6. The number of benzene rings is 1. The van der Waals surface area contributed by atoms with Gasteiger partial charge >= 0.3 is 13.2 Å². The number of fused-ring (bicyclic) bond motifs is 1. The number of rotatable bonds is 4. The van der Waals surface area contributed by atoms with E-state index in [2.05, 4.69) is 62.1 Å². The molecule has 0 radical (unpaired) electrons. The second-order valence-corrected chi connectivity index (χ2v) is 9.38. The summed E-state index contributed by atoms with van der Waals surface area (Å²) in [5, 5.41) is 17.2. The van der Waals surface area contributed by atoms with Gasteiger partial charge in [-0.2, -0.15) is 5.10 Å². The molecule has 2 fully saturated rings. The number of nitrogens with one attached hydrogen (secondary N) is 1. The molecule has 1 aliphatic carbocycles. The Kier molecular flexibility index (Phi) is 5.11. The Bertz CT molecular complexity index is 886. The molecule has 0 unspecified atom stereocenters. The Balaban J connectivity index is 1.45. The highest BCUT2D eigenvalue weighted by Crippen LogP contribution is 2.37. The fraction of sp³-hybridized carbons (Fsp3) is 0.619. The monoisotopic (exact) mass is 399 g/mol. The van der Waals surface area contributed by atoms with Crippen molar-refractivity contribution in [3.63, 3.8) is 0 Å². The minimum Gasteiger partial charge on any atom is -0.465 e. The summed E-state index contributed by atoms with van der Waals surface area (Å²) in [5.74, 6) is 0.419. The molecular formula is C21H30BN3O4. The average molecular weight is 399 g/mol. The molecule has 0 atom stereocenters. The van der Waals surface area contributed by atoms with Crippen molar-refractivity contribution in [2.75, 3.05) is 6.54 Å². The van der Waals surface area contributed by atoms with Crippen molar-refractivity contribution < 1.29 is 19.2 Å². The van der Waals surface area contributed by atoms with E-state index in [9.17, 15) is 4.79 Å². The fourth-order valence-corrected chi connectivity index (χ4v) is 4.21. The van der Waals surface area contributed by atoms with Crippen molar-refractivity contribution in [1.29, 1.82) is 0 Å². The molecule has 2 heterocycles. The predicted octanol–water partition coefficient (Wildman–Crippen LogP) is 3.33. The van der Waals surface area contributed by atoms with E-state index in [0.29, 0.717) is 18.5 Å². The molecule has 1 aliphatic heterocycles. The first-order valence-corrected chi connectivity index (χ1v) is 10.5. The normalized spacial score (nSPS) is 26.0. The Hall–Kier alpha value is -2.06. The van der Waals surface area contributed by atoms with E-state index >= 15 is 0 Å². The number of aromatic nitrogens is 2. The van der Waals surface area contributed by atoms with Crippen molar-refractivity contribution in [3.05, 3.63) is 24.4 Å². The van der Waals surface area contributed by atoms with Gasteiger partial charge in [0, 0.05) is 18.1 Å². The summed E-state index contributed by atoms with van der Waals surface area (Å²) in [6.45, 7) is 8.77. The number of carboxylic acid groups (broad SMARTS) is 1. The first-order valence-electron chi connectivity index (χ1n) is 10.5. The summed E-state index contributed by atoms with van der Waals surface area (Å²) in [5.41, 5.74) is 1.22. The summed E-state index contributed by atoms with van der Waals surface area (Å²) in [4.78, 5) is 10.7. The molecule has 1 aromatic carbocycles. The number of hydrogen-bond donors (Lipinski definition) is 2. The van der Waals surface area contributed by atoms with Gasteiger partial charge in [-0.25, -0.2) is 4.79 Å². The van der Waals surface area contributed by atoms with Crippen LogP contribution in [-0.2, 0) is 9.31 Å². The largest absolute Gasteiger partial charge is 0.494 e. The van der Waals surface area contributed by atoms with Gasteiger partial charge in [0.15, 0.2) is 0 Å². The molecule has 0 spiro atoms. The van der Waals surface area contributed by atoms with Crippen molar-refractivity contribution in [1.82, 2.24) is 15.1 Å². The van der Waals surface area contributed by atoms with E-state index in [0.717, 1.165) is 42.0 Å². The second-order valence-electron chi connectivity index (χ2n) is 9.38. The third kappa shape index (κ3) is 4.01. The van der Waals surface area contributed by atoms with E-state index < -0.39 is 6.09 Å². The molecule has 8 heteroatoms. The molecule has 1 aromatic heterocycles. The van der Waals surface area contributed by atoms with Gasteiger partial charge in [0.2, 0.25) is 0 Å². The first kappa shape index (κ1) is 20.2. The summed E-state index contributed by atoms with van der Waals surface area (Å²) in [6.07, 6.45) is 5.24. The van der Waals surface area contributed by atoms with E-state index in [1.54, 1.807) is 0 Å². The third-order valence-electron chi connectivity index (χ3n) is 6.81. The maximum Gasteiger partial charge on any atom is 0.494 e. The molecule has 4 rings (SSSR count). The quantitative estimate of drug-likeness (QED) is 0.771. The van der Waals surface area contributed by atoms with Crippen molar-refractivity contribution in [2.45, 2.75) is 70.6 Å². The fourth-order valence-electron chi connectivity index (χ4n) is 4.21. The zero-order chi connectivity index (χ0) is 20.8. The molecule has 0 bridgehead atoms. The van der Waals surface area contributed by atoms with Crippen LogP contribution in [0.25, 0.3) is 10.9 Å². The van der Waals surface area contributed by atoms with Gasteiger partial charge in [0.25, 0.3) is 0 Å². The number of carbonyl (C=O) groups is 1. The Morgan fingerprint density at radius 1 is 1.21 bits per heavy atom. The van der Waals surface area contributed by atoms with E-state index in [4.69, 9.17) is 19.5 Å². The Morgan fingerprint density at radius 3 is 2.48 bits per heavy atom. The van der Waals surface area contributed by atoms with Crippen molar-refractivity contribution in [2.24, 2.45) is 5.92 Å². The van der Waals surface area contributed by atoms with Gasteiger partial charge in [-0.3, -0.25) is 4.68 Å². The predicted molar refractivity (Wildman–Crippen MR) is 112 cm³/mol. The van der Waals surface area contributed by atoms with Crippen LogP contribution in [-0.4, -0.2) is 45.8 Å². The highest BCUT2D eigenvalue weighted by Gasteiger charge is 2.51. The standard InChI is InChI=1S/C21H30BN3O4/c1-20(2)21(3,4)29-22(28-20)16-8-7-15-13-25(24-18(15)11-16)17-9-5-14(6-10-17)12-23-19(26)27/h7-8,11,13-14,17,23H,5-6,9-10,12H2,1-4H3,(H,26,27)/t14-,17-. The van der Waals surface area contributed by atoms with Gasteiger partial charge in [0.1, 0.15) is 0 Å². The SMILES string of the molecule is CC1(C)OB(c2ccc3cn([C@H]4CC[C@H](CNC(=O)O)CC4)nc3c2)OC1(C)C. The summed E-state index contributed by atoms with van der Waals surface area (Å²) in [7, 11) is -0.383.